The fourth-order valence-electron chi connectivity index (χ4n) is 3.98. The zero-order chi connectivity index (χ0) is 20.8. The number of hydrogen-bond donors (Lipinski definition) is 4. The van der Waals surface area contributed by atoms with E-state index in [-0.39, 0.29) is 19.2 Å². The highest BCUT2D eigenvalue weighted by Crippen LogP contribution is 2.30. The Morgan fingerprint density at radius 3 is 1.82 bits per heavy atom. The molecular weight excluding hydrogens is 360 g/mol. The summed E-state index contributed by atoms with van der Waals surface area (Å²) in [5.41, 5.74) is 0. The topological polar surface area (TPSA) is 107 Å². The van der Waals surface area contributed by atoms with Crippen molar-refractivity contribution in [1.82, 2.24) is 0 Å². The van der Waals surface area contributed by atoms with Crippen molar-refractivity contribution in [3.05, 3.63) is 0 Å². The minimum Gasteiger partial charge on any atom is -0.465 e. The molecule has 0 heterocycles. The molecule has 1 saturated carbocycles. The Labute approximate surface area is 170 Å². The van der Waals surface area contributed by atoms with Crippen LogP contribution < -0.4 is 0 Å². The third kappa shape index (κ3) is 9.68. The van der Waals surface area contributed by atoms with Crippen LogP contribution in [-0.4, -0.2) is 57.9 Å². The van der Waals surface area contributed by atoms with Crippen molar-refractivity contribution in [1.29, 1.82) is 0 Å². The Morgan fingerprint density at radius 1 is 0.786 bits per heavy atom. The second kappa shape index (κ2) is 15.2. The lowest BCUT2D eigenvalue weighted by Gasteiger charge is -2.39. The number of rotatable bonds is 15. The zero-order valence-electron chi connectivity index (χ0n) is 17.6. The van der Waals surface area contributed by atoms with Crippen LogP contribution in [-0.2, 0) is 9.53 Å². The van der Waals surface area contributed by atoms with Crippen molar-refractivity contribution < 1.29 is 30.0 Å². The van der Waals surface area contributed by atoms with Gasteiger partial charge < -0.3 is 25.2 Å². The van der Waals surface area contributed by atoms with Crippen LogP contribution in [0.5, 0.6) is 0 Å². The van der Waals surface area contributed by atoms with Crippen molar-refractivity contribution in [3.8, 4) is 0 Å². The monoisotopic (exact) mass is 402 g/mol. The van der Waals surface area contributed by atoms with Gasteiger partial charge in [-0.05, 0) is 12.8 Å². The lowest BCUT2D eigenvalue weighted by molar-refractivity contribution is -0.163. The summed E-state index contributed by atoms with van der Waals surface area (Å²) in [6, 6.07) is 0. The number of ether oxygens (including phenoxy) is 1. The second-order valence-electron chi connectivity index (χ2n) is 8.38. The predicted octanol–water partition coefficient (Wildman–Crippen LogP) is 2.94. The molecular formula is C22H42O6. The van der Waals surface area contributed by atoms with Gasteiger partial charge in [-0.3, -0.25) is 4.79 Å². The third-order valence-corrected chi connectivity index (χ3v) is 5.95. The van der Waals surface area contributed by atoms with Gasteiger partial charge in [0.1, 0.15) is 6.10 Å². The molecule has 0 spiro atoms. The van der Waals surface area contributed by atoms with Crippen LogP contribution in [0.3, 0.4) is 0 Å². The highest BCUT2D eigenvalue weighted by molar-refractivity contribution is 5.69. The standard InChI is InChI=1S/C22H42O6/c1-2-3-4-5-6-7-8-9-10-11-12-13-19(24)28-16-18-14-17(15-23)20(25)22(27)21(18)26/h17-18,20-23,25-27H,2-16H2,1H3. The van der Waals surface area contributed by atoms with Crippen molar-refractivity contribution in [2.24, 2.45) is 11.8 Å². The summed E-state index contributed by atoms with van der Waals surface area (Å²) in [4.78, 5) is 11.9. The van der Waals surface area contributed by atoms with Gasteiger partial charge >= 0.3 is 5.97 Å². The molecule has 5 unspecified atom stereocenters. The first-order valence-corrected chi connectivity index (χ1v) is 11.3. The first kappa shape index (κ1) is 25.3. The van der Waals surface area contributed by atoms with Gasteiger partial charge in [0.15, 0.2) is 0 Å². The summed E-state index contributed by atoms with van der Waals surface area (Å²) in [5, 5.41) is 38.9. The summed E-state index contributed by atoms with van der Waals surface area (Å²) in [5.74, 6) is -1.25. The van der Waals surface area contributed by atoms with Crippen LogP contribution in [0.4, 0.5) is 0 Å². The minimum atomic E-state index is -1.32. The Kier molecular flexibility index (Phi) is 13.8. The molecule has 1 rings (SSSR count). The van der Waals surface area contributed by atoms with Crippen molar-refractivity contribution in [3.63, 3.8) is 0 Å². The lowest BCUT2D eigenvalue weighted by Crippen LogP contribution is -2.53. The van der Waals surface area contributed by atoms with Crippen LogP contribution in [0.1, 0.15) is 90.4 Å². The summed E-state index contributed by atoms with van der Waals surface area (Å²) in [6.07, 6.45) is 10.5. The number of aliphatic hydroxyl groups excluding tert-OH is 4. The first-order chi connectivity index (χ1) is 13.5. The van der Waals surface area contributed by atoms with Gasteiger partial charge in [0.25, 0.3) is 0 Å². The van der Waals surface area contributed by atoms with E-state index in [4.69, 9.17) is 4.74 Å². The average Bonchev–Trinajstić information content (AvgIpc) is 2.69. The molecule has 6 heteroatoms. The molecule has 0 aliphatic heterocycles. The second-order valence-corrected chi connectivity index (χ2v) is 8.38. The highest BCUT2D eigenvalue weighted by Gasteiger charge is 2.42. The van der Waals surface area contributed by atoms with E-state index < -0.39 is 30.1 Å². The van der Waals surface area contributed by atoms with E-state index in [1.54, 1.807) is 0 Å². The number of unbranched alkanes of at least 4 members (excludes halogenated alkanes) is 10. The molecule has 1 fully saturated rings. The molecule has 1 aliphatic carbocycles. The van der Waals surface area contributed by atoms with E-state index in [9.17, 15) is 25.2 Å². The molecule has 4 N–H and O–H groups in total. The molecule has 0 bridgehead atoms. The highest BCUT2D eigenvalue weighted by atomic mass is 16.5. The normalized spacial score (nSPS) is 27.7. The largest absolute Gasteiger partial charge is 0.465 e. The van der Waals surface area contributed by atoms with Crippen molar-refractivity contribution >= 4 is 5.97 Å². The quantitative estimate of drug-likeness (QED) is 0.248. The SMILES string of the molecule is CCCCCCCCCCCCCC(=O)OCC1CC(CO)C(O)C(O)C1O. The fraction of sp³-hybridized carbons (Fsp3) is 0.955. The molecule has 0 aromatic heterocycles. The third-order valence-electron chi connectivity index (χ3n) is 5.95. The maximum atomic E-state index is 11.9. The van der Waals surface area contributed by atoms with Gasteiger partial charge in [-0.25, -0.2) is 0 Å². The maximum absolute atomic E-state index is 11.9. The number of carbonyl (C=O) groups is 1. The van der Waals surface area contributed by atoms with Crippen LogP contribution in [0.25, 0.3) is 0 Å². The molecule has 0 aromatic carbocycles. The van der Waals surface area contributed by atoms with Crippen LogP contribution >= 0.6 is 0 Å². The first-order valence-electron chi connectivity index (χ1n) is 11.3. The molecule has 6 nitrogen and oxygen atoms in total. The molecule has 166 valence electrons. The summed E-state index contributed by atoms with van der Waals surface area (Å²) >= 11 is 0. The Hall–Kier alpha value is -0.690. The fourth-order valence-corrected chi connectivity index (χ4v) is 3.98. The van der Waals surface area contributed by atoms with Gasteiger partial charge in [0, 0.05) is 24.9 Å². The minimum absolute atomic E-state index is 0.0122. The maximum Gasteiger partial charge on any atom is 0.305 e. The summed E-state index contributed by atoms with van der Waals surface area (Å²) < 4.78 is 5.25. The van der Waals surface area contributed by atoms with E-state index >= 15 is 0 Å². The van der Waals surface area contributed by atoms with Gasteiger partial charge in [0.2, 0.25) is 0 Å². The molecule has 28 heavy (non-hydrogen) atoms. The number of aliphatic hydroxyl groups is 4. The molecule has 1 aliphatic rings. The zero-order valence-corrected chi connectivity index (χ0v) is 17.6. The van der Waals surface area contributed by atoms with Crippen LogP contribution in [0.2, 0.25) is 0 Å². The van der Waals surface area contributed by atoms with E-state index in [1.807, 2.05) is 0 Å². The van der Waals surface area contributed by atoms with Crippen LogP contribution in [0.15, 0.2) is 0 Å². The summed E-state index contributed by atoms with van der Waals surface area (Å²) in [7, 11) is 0. The van der Waals surface area contributed by atoms with E-state index in [0.717, 1.165) is 19.3 Å². The average molecular weight is 403 g/mol. The van der Waals surface area contributed by atoms with Gasteiger partial charge in [-0.15, -0.1) is 0 Å². The van der Waals surface area contributed by atoms with Gasteiger partial charge in [0.05, 0.1) is 18.8 Å². The number of esters is 1. The smallest absolute Gasteiger partial charge is 0.305 e. The number of hydrogen-bond acceptors (Lipinski definition) is 6. The molecule has 0 aromatic rings. The lowest BCUT2D eigenvalue weighted by atomic mass is 9.76. The van der Waals surface area contributed by atoms with E-state index in [1.165, 1.54) is 51.4 Å². The Morgan fingerprint density at radius 2 is 1.29 bits per heavy atom. The summed E-state index contributed by atoms with van der Waals surface area (Å²) in [6.45, 7) is 1.98. The number of carbonyl (C=O) groups excluding carboxylic acids is 1. The van der Waals surface area contributed by atoms with E-state index in [2.05, 4.69) is 6.92 Å². The molecule has 0 radical (unpaired) electrons. The molecule has 5 atom stereocenters. The Balaban J connectivity index is 2.03. The van der Waals surface area contributed by atoms with Gasteiger partial charge in [-0.2, -0.15) is 0 Å². The van der Waals surface area contributed by atoms with E-state index in [0.29, 0.717) is 12.8 Å². The van der Waals surface area contributed by atoms with Crippen molar-refractivity contribution in [2.75, 3.05) is 13.2 Å². The van der Waals surface area contributed by atoms with Gasteiger partial charge in [-0.1, -0.05) is 71.1 Å². The molecule has 0 saturated heterocycles. The van der Waals surface area contributed by atoms with Crippen LogP contribution in [0, 0.1) is 11.8 Å². The predicted molar refractivity (Wildman–Crippen MR) is 109 cm³/mol. The molecule has 0 amide bonds. The van der Waals surface area contributed by atoms with Crippen molar-refractivity contribution in [2.45, 2.75) is 109 Å². The Bertz CT molecular complexity index is 400.